The first-order valence-corrected chi connectivity index (χ1v) is 8.73. The van der Waals surface area contributed by atoms with Crippen LogP contribution in [0.15, 0.2) is 42.4 Å². The number of aromatic nitrogens is 2. The van der Waals surface area contributed by atoms with Crippen LogP contribution in [-0.4, -0.2) is 35.7 Å². The number of amides is 1. The van der Waals surface area contributed by atoms with Crippen LogP contribution in [0, 0.1) is 11.2 Å². The van der Waals surface area contributed by atoms with Crippen LogP contribution in [0.2, 0.25) is 0 Å². The van der Waals surface area contributed by atoms with Crippen molar-refractivity contribution in [3.05, 3.63) is 65.2 Å². The molecule has 0 radical (unpaired) electrons. The number of anilines is 1. The van der Waals surface area contributed by atoms with Gasteiger partial charge < -0.3 is 10.1 Å². The molecule has 146 valence electrons. The summed E-state index contributed by atoms with van der Waals surface area (Å²) in [6, 6.07) is 6.41. The van der Waals surface area contributed by atoms with Gasteiger partial charge in [-0.05, 0) is 19.9 Å². The van der Waals surface area contributed by atoms with Crippen molar-refractivity contribution in [1.29, 1.82) is 5.41 Å². The zero-order valence-corrected chi connectivity index (χ0v) is 16.2. The Labute approximate surface area is 162 Å². The summed E-state index contributed by atoms with van der Waals surface area (Å²) in [5.74, 6) is 0.551. The normalized spacial score (nSPS) is 15.4. The Hall–Kier alpha value is -3.29. The van der Waals surface area contributed by atoms with Gasteiger partial charge in [-0.1, -0.05) is 18.2 Å². The minimum atomic E-state index is -0.695. The number of hydrogen-bond acceptors (Lipinski definition) is 6. The van der Waals surface area contributed by atoms with E-state index in [0.717, 1.165) is 5.56 Å². The van der Waals surface area contributed by atoms with Crippen molar-refractivity contribution < 1.29 is 13.9 Å². The molecule has 1 aromatic heterocycles. The van der Waals surface area contributed by atoms with E-state index < -0.39 is 5.41 Å². The predicted molar refractivity (Wildman–Crippen MR) is 104 cm³/mol. The van der Waals surface area contributed by atoms with Gasteiger partial charge in [0.25, 0.3) is 0 Å². The van der Waals surface area contributed by atoms with Gasteiger partial charge in [-0.25, -0.2) is 14.4 Å². The van der Waals surface area contributed by atoms with E-state index in [-0.39, 0.29) is 35.7 Å². The summed E-state index contributed by atoms with van der Waals surface area (Å²) in [5.41, 5.74) is 0.518. The Kier molecular flexibility index (Phi) is 5.13. The third-order valence-electron chi connectivity index (χ3n) is 4.75. The number of carbonyl (C=O) groups is 1. The second kappa shape index (κ2) is 7.38. The molecule has 0 atom stereocenters. The largest absolute Gasteiger partial charge is 0.482 e. The first-order chi connectivity index (χ1) is 13.3. The van der Waals surface area contributed by atoms with Crippen molar-refractivity contribution in [2.45, 2.75) is 25.8 Å². The number of nitrogens with zero attached hydrogens (tertiary/aromatic N) is 3. The third-order valence-corrected chi connectivity index (χ3v) is 4.75. The lowest BCUT2D eigenvalue weighted by molar-refractivity contribution is -0.121. The van der Waals surface area contributed by atoms with Gasteiger partial charge in [0.15, 0.2) is 11.7 Å². The minimum Gasteiger partial charge on any atom is -0.482 e. The summed E-state index contributed by atoms with van der Waals surface area (Å²) < 4.78 is 19.0. The van der Waals surface area contributed by atoms with E-state index in [2.05, 4.69) is 15.3 Å². The molecule has 0 bridgehead atoms. The van der Waals surface area contributed by atoms with Crippen LogP contribution in [0.1, 0.15) is 30.8 Å². The van der Waals surface area contributed by atoms with Crippen molar-refractivity contribution in [2.75, 3.05) is 19.1 Å². The first kappa shape index (κ1) is 19.5. The Bertz CT molecular complexity index is 971. The van der Waals surface area contributed by atoms with E-state index in [1.807, 2.05) is 13.8 Å². The van der Waals surface area contributed by atoms with Gasteiger partial charge in [-0.15, -0.1) is 0 Å². The first-order valence-electron chi connectivity index (χ1n) is 8.73. The molecule has 0 fully saturated rings. The summed E-state index contributed by atoms with van der Waals surface area (Å²) in [7, 11) is 3.11. The molecule has 1 aliphatic rings. The smallest absolute Gasteiger partial charge is 0.238 e. The van der Waals surface area contributed by atoms with Crippen molar-refractivity contribution in [3.8, 4) is 0 Å². The lowest BCUT2D eigenvalue weighted by Gasteiger charge is -2.15. The number of methoxy groups -OCH3 is 1. The van der Waals surface area contributed by atoms with Crippen LogP contribution in [-0.2, 0) is 21.5 Å². The Morgan fingerprint density at radius 1 is 1.39 bits per heavy atom. The third kappa shape index (κ3) is 3.45. The van der Waals surface area contributed by atoms with Gasteiger partial charge in [0.2, 0.25) is 5.91 Å². The number of carbonyl (C=O) groups excluding carboxylic acids is 1. The highest BCUT2D eigenvalue weighted by Crippen LogP contribution is 2.38. The number of nitrogens with one attached hydrogen (secondary N) is 2. The highest BCUT2D eigenvalue weighted by atomic mass is 19.1. The molecule has 1 aromatic carbocycles. The van der Waals surface area contributed by atoms with Gasteiger partial charge in [0.05, 0.1) is 12.5 Å². The Balaban J connectivity index is 1.80. The number of ether oxygens (including phenoxy) is 1. The Morgan fingerprint density at radius 2 is 2.11 bits per heavy atom. The predicted octanol–water partition coefficient (Wildman–Crippen LogP) is 2.52. The fraction of sp³-hybridized carbons (Fsp3) is 0.300. The molecule has 0 saturated heterocycles. The zero-order valence-electron chi connectivity index (χ0n) is 16.2. The van der Waals surface area contributed by atoms with Gasteiger partial charge >= 0.3 is 0 Å². The van der Waals surface area contributed by atoms with E-state index in [9.17, 15) is 9.18 Å². The quantitative estimate of drug-likeness (QED) is 0.591. The maximum Gasteiger partial charge on any atom is 0.238 e. The lowest BCUT2D eigenvalue weighted by atomic mass is 9.88. The molecule has 0 spiro atoms. The molecule has 2 aromatic rings. The standard InChI is InChI=1S/C20H22FN5O2/c1-20(2)13-11-24-17(25-18(13)26(3)19(20)27)15(22)9-16(28-4)23-10-12-7-5-6-8-14(12)21/h5-9,11,22-23H,10H2,1-4H3/b16-9+,22-15?. The van der Waals surface area contributed by atoms with Gasteiger partial charge in [0, 0.05) is 37.0 Å². The SMILES string of the molecule is CO/C(=C/C(=N)c1ncc2c(n1)N(C)C(=O)C2(C)C)NCc1ccccc1F. The maximum atomic E-state index is 13.7. The molecular formula is C20H22FN5O2. The van der Waals surface area contributed by atoms with E-state index >= 15 is 0 Å². The van der Waals surface area contributed by atoms with Crippen LogP contribution in [0.4, 0.5) is 10.2 Å². The number of benzene rings is 1. The number of likely N-dealkylation sites (N-methyl/N-ethyl adjacent to an activating group) is 1. The van der Waals surface area contributed by atoms with Crippen molar-refractivity contribution in [1.82, 2.24) is 15.3 Å². The second-order valence-corrected chi connectivity index (χ2v) is 6.99. The van der Waals surface area contributed by atoms with E-state index in [4.69, 9.17) is 10.1 Å². The van der Waals surface area contributed by atoms with E-state index in [1.54, 1.807) is 31.4 Å². The summed E-state index contributed by atoms with van der Waals surface area (Å²) >= 11 is 0. The Morgan fingerprint density at radius 3 is 2.79 bits per heavy atom. The number of allylic oxidation sites excluding steroid dienone is 1. The molecule has 0 saturated carbocycles. The zero-order chi connectivity index (χ0) is 20.5. The lowest BCUT2D eigenvalue weighted by Crippen LogP contribution is -2.33. The summed E-state index contributed by atoms with van der Waals surface area (Å²) in [6.07, 6.45) is 3.01. The molecule has 1 amide bonds. The van der Waals surface area contributed by atoms with E-state index in [1.165, 1.54) is 24.2 Å². The van der Waals surface area contributed by atoms with Crippen molar-refractivity contribution >= 4 is 17.4 Å². The van der Waals surface area contributed by atoms with Crippen LogP contribution in [0.5, 0.6) is 0 Å². The second-order valence-electron chi connectivity index (χ2n) is 6.99. The van der Waals surface area contributed by atoms with Crippen LogP contribution >= 0.6 is 0 Å². The summed E-state index contributed by atoms with van der Waals surface area (Å²) in [5, 5.41) is 11.2. The van der Waals surface area contributed by atoms with Crippen molar-refractivity contribution in [2.24, 2.45) is 0 Å². The monoisotopic (exact) mass is 383 g/mol. The summed E-state index contributed by atoms with van der Waals surface area (Å²) in [4.78, 5) is 22.5. The molecule has 7 nitrogen and oxygen atoms in total. The van der Waals surface area contributed by atoms with Gasteiger partial charge in [-0.2, -0.15) is 0 Å². The number of fused-ring (bicyclic) bond motifs is 1. The topological polar surface area (TPSA) is 91.2 Å². The highest BCUT2D eigenvalue weighted by molar-refractivity contribution is 6.08. The maximum absolute atomic E-state index is 13.7. The molecule has 2 heterocycles. The highest BCUT2D eigenvalue weighted by Gasteiger charge is 2.43. The van der Waals surface area contributed by atoms with E-state index in [0.29, 0.717) is 11.4 Å². The summed E-state index contributed by atoms with van der Waals surface area (Å²) in [6.45, 7) is 3.85. The molecule has 8 heteroatoms. The number of rotatable bonds is 6. The van der Waals surface area contributed by atoms with Crippen molar-refractivity contribution in [3.63, 3.8) is 0 Å². The van der Waals surface area contributed by atoms with Crippen LogP contribution in [0.25, 0.3) is 0 Å². The molecule has 1 aliphatic heterocycles. The average molecular weight is 383 g/mol. The average Bonchev–Trinajstić information content (AvgIpc) is 2.86. The molecule has 0 aliphatic carbocycles. The molecule has 2 N–H and O–H groups in total. The van der Waals surface area contributed by atoms with Gasteiger partial charge in [-0.3, -0.25) is 15.1 Å². The number of hydrogen-bond donors (Lipinski definition) is 2. The van der Waals surface area contributed by atoms with Crippen LogP contribution in [0.3, 0.4) is 0 Å². The molecule has 28 heavy (non-hydrogen) atoms. The van der Waals surface area contributed by atoms with Crippen LogP contribution < -0.4 is 10.2 Å². The van der Waals surface area contributed by atoms with Gasteiger partial charge in [0.1, 0.15) is 17.3 Å². The number of halogens is 1. The fourth-order valence-corrected chi connectivity index (χ4v) is 3.03. The fourth-order valence-electron chi connectivity index (χ4n) is 3.03. The molecule has 0 unspecified atom stereocenters. The molecule has 3 rings (SSSR count). The minimum absolute atomic E-state index is 0.00578. The molecular weight excluding hydrogens is 361 g/mol.